The second-order valence-electron chi connectivity index (χ2n) is 3.47. The van der Waals surface area contributed by atoms with E-state index in [9.17, 15) is 18.5 Å². The number of sulfonamides is 1. The maximum atomic E-state index is 12.3. The molecule has 1 rings (SSSR count). The van der Waals surface area contributed by atoms with Crippen molar-refractivity contribution in [1.82, 2.24) is 4.31 Å². The summed E-state index contributed by atoms with van der Waals surface area (Å²) in [5.41, 5.74) is -0.395. The molecule has 19 heavy (non-hydrogen) atoms. The summed E-state index contributed by atoms with van der Waals surface area (Å²) >= 11 is 6.35. The van der Waals surface area contributed by atoms with E-state index in [1.807, 2.05) is 0 Å². The van der Waals surface area contributed by atoms with Crippen LogP contribution < -0.4 is 0 Å². The zero-order valence-electron chi connectivity index (χ0n) is 10.3. The third-order valence-corrected chi connectivity index (χ3v) is 6.10. The predicted molar refractivity (Wildman–Crippen MR) is 72.3 cm³/mol. The van der Waals surface area contributed by atoms with Crippen LogP contribution >= 0.6 is 22.9 Å². The predicted octanol–water partition coefficient (Wildman–Crippen LogP) is 1.97. The first-order valence-electron chi connectivity index (χ1n) is 5.27. The van der Waals surface area contributed by atoms with Gasteiger partial charge in [-0.3, -0.25) is 10.1 Å². The molecule has 0 atom stereocenters. The Bertz CT molecular complexity index is 557. The molecule has 0 aliphatic carbocycles. The molecular weight excluding hydrogens is 316 g/mol. The molecule has 108 valence electrons. The lowest BCUT2D eigenvalue weighted by molar-refractivity contribution is -0.384. The molecule has 0 unspecified atom stereocenters. The Morgan fingerprint density at radius 2 is 2.21 bits per heavy atom. The first-order valence-corrected chi connectivity index (χ1v) is 7.90. The van der Waals surface area contributed by atoms with Gasteiger partial charge in [0.1, 0.15) is 4.21 Å². The van der Waals surface area contributed by atoms with Crippen molar-refractivity contribution in [3.63, 3.8) is 0 Å². The minimum atomic E-state index is -3.78. The number of thiophene rings is 1. The quantitative estimate of drug-likeness (QED) is 0.564. The number of nitrogens with zero attached hydrogens (tertiary/aromatic N) is 2. The van der Waals surface area contributed by atoms with Crippen LogP contribution in [-0.4, -0.2) is 44.5 Å². The van der Waals surface area contributed by atoms with Gasteiger partial charge in [0, 0.05) is 26.3 Å². The number of hydrogen-bond acceptors (Lipinski definition) is 6. The molecule has 0 aromatic carbocycles. The molecule has 10 heteroatoms. The Labute approximate surface area is 119 Å². The number of methoxy groups -OCH3 is 1. The molecule has 0 bridgehead atoms. The van der Waals surface area contributed by atoms with Crippen molar-refractivity contribution in [2.75, 3.05) is 26.8 Å². The van der Waals surface area contributed by atoms with E-state index >= 15 is 0 Å². The fourth-order valence-electron chi connectivity index (χ4n) is 1.36. The summed E-state index contributed by atoms with van der Waals surface area (Å²) in [7, 11) is -2.31. The van der Waals surface area contributed by atoms with Gasteiger partial charge >= 0.3 is 0 Å². The molecule has 0 saturated heterocycles. The van der Waals surface area contributed by atoms with Crippen LogP contribution in [0.2, 0.25) is 4.34 Å². The average molecular weight is 329 g/mol. The summed E-state index contributed by atoms with van der Waals surface area (Å²) in [6.45, 7) is 2.35. The summed E-state index contributed by atoms with van der Waals surface area (Å²) in [5, 5.41) is 10.7. The van der Waals surface area contributed by atoms with Crippen LogP contribution in [0.5, 0.6) is 0 Å². The van der Waals surface area contributed by atoms with Crippen molar-refractivity contribution in [3.8, 4) is 0 Å². The monoisotopic (exact) mass is 328 g/mol. The summed E-state index contributed by atoms with van der Waals surface area (Å²) in [6.07, 6.45) is 0. The number of nitro groups is 1. The van der Waals surface area contributed by atoms with Gasteiger partial charge in [-0.15, -0.1) is 11.3 Å². The van der Waals surface area contributed by atoms with E-state index in [0.29, 0.717) is 11.3 Å². The number of rotatable bonds is 7. The smallest absolute Gasteiger partial charge is 0.300 e. The standard InChI is InChI=1S/C9H13ClN2O5S2/c1-3-11(4-5-17-2)19(15,16)8-6-7(12(13)14)9(10)18-8/h6H,3-5H2,1-2H3. The number of hydrogen-bond donors (Lipinski definition) is 0. The van der Waals surface area contributed by atoms with Gasteiger partial charge in [-0.25, -0.2) is 8.42 Å². The fraction of sp³-hybridized carbons (Fsp3) is 0.556. The number of likely N-dealkylation sites (N-methyl/N-ethyl adjacent to an activating group) is 1. The minimum absolute atomic E-state index is 0.137. The minimum Gasteiger partial charge on any atom is -0.383 e. The van der Waals surface area contributed by atoms with Crippen LogP contribution in [0.15, 0.2) is 10.3 Å². The highest BCUT2D eigenvalue weighted by atomic mass is 35.5. The first-order chi connectivity index (χ1) is 8.84. The zero-order chi connectivity index (χ0) is 14.6. The molecule has 1 aromatic heterocycles. The van der Waals surface area contributed by atoms with Gasteiger partial charge in [0.15, 0.2) is 4.34 Å². The first kappa shape index (κ1) is 16.3. The Balaban J connectivity index is 3.11. The molecule has 0 spiro atoms. The Morgan fingerprint density at radius 3 is 2.63 bits per heavy atom. The highest BCUT2D eigenvalue weighted by molar-refractivity contribution is 7.91. The van der Waals surface area contributed by atoms with E-state index in [0.717, 1.165) is 6.07 Å². The molecule has 0 fully saturated rings. The lowest BCUT2D eigenvalue weighted by Gasteiger charge is -2.18. The molecule has 1 heterocycles. The van der Waals surface area contributed by atoms with Crippen LogP contribution in [-0.2, 0) is 14.8 Å². The molecule has 0 aliphatic heterocycles. The lowest BCUT2D eigenvalue weighted by atomic mass is 10.6. The SMILES string of the molecule is CCN(CCOC)S(=O)(=O)c1cc([N+](=O)[O-])c(Cl)s1. The van der Waals surface area contributed by atoms with E-state index in [1.54, 1.807) is 6.92 Å². The molecular formula is C9H13ClN2O5S2. The zero-order valence-corrected chi connectivity index (χ0v) is 12.7. The van der Waals surface area contributed by atoms with Crippen molar-refractivity contribution in [3.05, 3.63) is 20.5 Å². The Hall–Kier alpha value is -0.740. The van der Waals surface area contributed by atoms with Crippen LogP contribution in [0.3, 0.4) is 0 Å². The molecule has 0 saturated carbocycles. The van der Waals surface area contributed by atoms with Gasteiger partial charge in [-0.2, -0.15) is 4.31 Å². The average Bonchev–Trinajstić information content (AvgIpc) is 2.73. The fourth-order valence-corrected chi connectivity index (χ4v) is 4.61. The van der Waals surface area contributed by atoms with Gasteiger partial charge in [0.05, 0.1) is 11.5 Å². The van der Waals surface area contributed by atoms with E-state index in [2.05, 4.69) is 0 Å². The summed E-state index contributed by atoms with van der Waals surface area (Å²) in [6, 6.07) is 0.984. The van der Waals surface area contributed by atoms with E-state index in [4.69, 9.17) is 16.3 Å². The maximum Gasteiger partial charge on any atom is 0.300 e. The second-order valence-corrected chi connectivity index (χ2v) is 7.29. The molecule has 0 radical (unpaired) electrons. The van der Waals surface area contributed by atoms with E-state index in [1.165, 1.54) is 11.4 Å². The molecule has 1 aromatic rings. The lowest BCUT2D eigenvalue weighted by Crippen LogP contribution is -2.33. The highest BCUT2D eigenvalue weighted by Gasteiger charge is 2.29. The topological polar surface area (TPSA) is 89.8 Å². The summed E-state index contributed by atoms with van der Waals surface area (Å²) in [4.78, 5) is 9.97. The van der Waals surface area contributed by atoms with Gasteiger partial charge in [-0.05, 0) is 0 Å². The van der Waals surface area contributed by atoms with Crippen molar-refractivity contribution in [2.45, 2.75) is 11.1 Å². The van der Waals surface area contributed by atoms with Crippen LogP contribution in [0.4, 0.5) is 5.69 Å². The van der Waals surface area contributed by atoms with Crippen molar-refractivity contribution in [1.29, 1.82) is 0 Å². The van der Waals surface area contributed by atoms with E-state index < -0.39 is 20.6 Å². The molecule has 0 aliphatic rings. The van der Waals surface area contributed by atoms with Crippen molar-refractivity contribution < 1.29 is 18.1 Å². The normalized spacial score (nSPS) is 12.0. The van der Waals surface area contributed by atoms with Gasteiger partial charge < -0.3 is 4.74 Å². The van der Waals surface area contributed by atoms with Gasteiger partial charge in [-0.1, -0.05) is 18.5 Å². The number of ether oxygens (including phenoxy) is 1. The van der Waals surface area contributed by atoms with Crippen LogP contribution in [0, 0.1) is 10.1 Å². The van der Waals surface area contributed by atoms with Gasteiger partial charge in [0.25, 0.3) is 15.7 Å². The van der Waals surface area contributed by atoms with Crippen molar-refractivity contribution in [2.24, 2.45) is 0 Å². The third-order valence-electron chi connectivity index (χ3n) is 2.33. The second kappa shape index (κ2) is 6.62. The van der Waals surface area contributed by atoms with Crippen LogP contribution in [0.25, 0.3) is 0 Å². The summed E-state index contributed by atoms with van der Waals surface area (Å²) < 4.78 is 30.2. The molecule has 7 nitrogen and oxygen atoms in total. The van der Waals surface area contributed by atoms with Gasteiger partial charge in [0.2, 0.25) is 0 Å². The number of halogens is 1. The van der Waals surface area contributed by atoms with E-state index in [-0.39, 0.29) is 28.2 Å². The molecule has 0 amide bonds. The highest BCUT2D eigenvalue weighted by Crippen LogP contribution is 2.37. The molecule has 0 N–H and O–H groups in total. The van der Waals surface area contributed by atoms with Crippen LogP contribution in [0.1, 0.15) is 6.92 Å². The maximum absolute atomic E-state index is 12.3. The van der Waals surface area contributed by atoms with Crippen molar-refractivity contribution >= 4 is 38.6 Å². The third kappa shape index (κ3) is 3.63. The largest absolute Gasteiger partial charge is 0.383 e. The Kier molecular flexibility index (Phi) is 5.68. The summed E-state index contributed by atoms with van der Waals surface area (Å²) in [5.74, 6) is 0. The Morgan fingerprint density at radius 1 is 1.58 bits per heavy atom.